The van der Waals surface area contributed by atoms with Crippen LogP contribution in [0.15, 0.2) is 53.7 Å². The number of tetrazole rings is 1. The van der Waals surface area contributed by atoms with Crippen molar-refractivity contribution in [3.8, 4) is 5.69 Å². The van der Waals surface area contributed by atoms with E-state index in [0.29, 0.717) is 18.8 Å². The molecule has 1 aromatic heterocycles. The molecule has 0 saturated carbocycles. The van der Waals surface area contributed by atoms with Crippen molar-refractivity contribution >= 4 is 21.6 Å². The highest BCUT2D eigenvalue weighted by Crippen LogP contribution is 2.22. The van der Waals surface area contributed by atoms with Gasteiger partial charge in [-0.1, -0.05) is 24.6 Å². The van der Waals surface area contributed by atoms with Crippen molar-refractivity contribution in [2.24, 2.45) is 0 Å². The fraction of sp³-hybridized carbons (Fsp3) is 0.333. The lowest BCUT2D eigenvalue weighted by Crippen LogP contribution is -2.35. The SMILES string of the molecule is Cc1ccc(-n2cnnn2)cc1NC(=O)Cc1ccc(S(=O)(=O)N2CCCCC2)cc1. The van der Waals surface area contributed by atoms with Gasteiger partial charge in [0.15, 0.2) is 0 Å². The molecule has 0 bridgehead atoms. The molecule has 2 aromatic carbocycles. The van der Waals surface area contributed by atoms with Crippen LogP contribution in [-0.4, -0.2) is 51.9 Å². The number of hydrogen-bond donors (Lipinski definition) is 1. The van der Waals surface area contributed by atoms with Crippen LogP contribution >= 0.6 is 0 Å². The lowest BCUT2D eigenvalue weighted by atomic mass is 10.1. The number of anilines is 1. The van der Waals surface area contributed by atoms with Gasteiger partial charge in [0.25, 0.3) is 0 Å². The number of amides is 1. The van der Waals surface area contributed by atoms with Gasteiger partial charge >= 0.3 is 0 Å². The number of rotatable bonds is 6. The Labute approximate surface area is 181 Å². The van der Waals surface area contributed by atoms with Crippen LogP contribution in [0.25, 0.3) is 5.69 Å². The lowest BCUT2D eigenvalue weighted by Gasteiger charge is -2.25. The van der Waals surface area contributed by atoms with Gasteiger partial charge in [-0.15, -0.1) is 5.10 Å². The van der Waals surface area contributed by atoms with Gasteiger partial charge in [0, 0.05) is 18.8 Å². The highest BCUT2D eigenvalue weighted by Gasteiger charge is 2.25. The zero-order valence-electron chi connectivity index (χ0n) is 17.2. The number of aromatic nitrogens is 4. The van der Waals surface area contributed by atoms with E-state index in [4.69, 9.17) is 0 Å². The van der Waals surface area contributed by atoms with Crippen LogP contribution in [0.2, 0.25) is 0 Å². The van der Waals surface area contributed by atoms with E-state index in [1.807, 2.05) is 19.1 Å². The van der Waals surface area contributed by atoms with Crippen LogP contribution in [-0.2, 0) is 21.2 Å². The first kappa shape index (κ1) is 21.1. The highest BCUT2D eigenvalue weighted by molar-refractivity contribution is 7.89. The average Bonchev–Trinajstić information content (AvgIpc) is 3.31. The van der Waals surface area contributed by atoms with E-state index in [9.17, 15) is 13.2 Å². The molecule has 0 unspecified atom stereocenters. The highest BCUT2D eigenvalue weighted by atomic mass is 32.2. The second-order valence-corrected chi connectivity index (χ2v) is 9.53. The Morgan fingerprint density at radius 2 is 1.81 bits per heavy atom. The second kappa shape index (κ2) is 8.94. The summed E-state index contributed by atoms with van der Waals surface area (Å²) in [5.74, 6) is -0.191. The molecular formula is C21H24N6O3S. The summed E-state index contributed by atoms with van der Waals surface area (Å²) in [5.41, 5.74) is 3.05. The molecule has 31 heavy (non-hydrogen) atoms. The van der Waals surface area contributed by atoms with E-state index in [0.717, 1.165) is 36.1 Å². The zero-order valence-corrected chi connectivity index (χ0v) is 18.0. The van der Waals surface area contributed by atoms with Gasteiger partial charge in [-0.2, -0.15) is 4.31 Å². The van der Waals surface area contributed by atoms with Crippen LogP contribution in [0.4, 0.5) is 5.69 Å². The molecule has 0 atom stereocenters. The van der Waals surface area contributed by atoms with E-state index in [-0.39, 0.29) is 17.2 Å². The average molecular weight is 441 g/mol. The Bertz CT molecular complexity index is 1150. The van der Waals surface area contributed by atoms with Crippen LogP contribution < -0.4 is 5.32 Å². The van der Waals surface area contributed by atoms with E-state index in [1.165, 1.54) is 11.0 Å². The first-order chi connectivity index (χ1) is 14.9. The monoisotopic (exact) mass is 440 g/mol. The summed E-state index contributed by atoms with van der Waals surface area (Å²) in [6.07, 6.45) is 4.48. The molecule has 9 nitrogen and oxygen atoms in total. The summed E-state index contributed by atoms with van der Waals surface area (Å²) in [5, 5.41) is 14.0. The molecule has 0 aliphatic carbocycles. The number of nitrogens with one attached hydrogen (secondary N) is 1. The third kappa shape index (κ3) is 4.80. The van der Waals surface area contributed by atoms with Gasteiger partial charge in [0.2, 0.25) is 15.9 Å². The van der Waals surface area contributed by atoms with E-state index < -0.39 is 10.0 Å². The predicted molar refractivity (Wildman–Crippen MR) is 115 cm³/mol. The van der Waals surface area contributed by atoms with Gasteiger partial charge < -0.3 is 5.32 Å². The van der Waals surface area contributed by atoms with E-state index in [1.54, 1.807) is 34.6 Å². The van der Waals surface area contributed by atoms with Crippen molar-refractivity contribution in [1.82, 2.24) is 24.5 Å². The molecule has 0 spiro atoms. The maximum Gasteiger partial charge on any atom is 0.243 e. The lowest BCUT2D eigenvalue weighted by molar-refractivity contribution is -0.115. The first-order valence-electron chi connectivity index (χ1n) is 10.2. The number of carbonyl (C=O) groups is 1. The molecule has 1 N–H and O–H groups in total. The fourth-order valence-electron chi connectivity index (χ4n) is 3.58. The minimum Gasteiger partial charge on any atom is -0.325 e. The molecule has 1 saturated heterocycles. The first-order valence-corrected chi connectivity index (χ1v) is 11.6. The maximum absolute atomic E-state index is 12.8. The summed E-state index contributed by atoms with van der Waals surface area (Å²) >= 11 is 0. The third-order valence-electron chi connectivity index (χ3n) is 5.35. The Balaban J connectivity index is 1.43. The van der Waals surface area contributed by atoms with E-state index >= 15 is 0 Å². The molecule has 1 aliphatic rings. The summed E-state index contributed by atoms with van der Waals surface area (Å²) in [6, 6.07) is 12.1. The van der Waals surface area contributed by atoms with Crippen LogP contribution in [0.5, 0.6) is 0 Å². The van der Waals surface area contributed by atoms with Crippen molar-refractivity contribution in [3.05, 3.63) is 59.9 Å². The zero-order chi connectivity index (χ0) is 21.8. The van der Waals surface area contributed by atoms with Crippen LogP contribution in [0.3, 0.4) is 0 Å². The standard InChI is InChI=1S/C21H24N6O3S/c1-16-5-8-18(27-15-22-24-25-27)14-20(16)23-21(28)13-17-6-9-19(10-7-17)31(29,30)26-11-3-2-4-12-26/h5-10,14-15H,2-4,11-13H2,1H3,(H,23,28). The van der Waals surface area contributed by atoms with Gasteiger partial charge in [-0.3, -0.25) is 4.79 Å². The molecule has 0 radical (unpaired) electrons. The summed E-state index contributed by atoms with van der Waals surface area (Å²) in [7, 11) is -3.47. The Morgan fingerprint density at radius 1 is 1.06 bits per heavy atom. The number of aryl methyl sites for hydroxylation is 1. The molecule has 1 aliphatic heterocycles. The van der Waals surface area contributed by atoms with Crippen LogP contribution in [0.1, 0.15) is 30.4 Å². The Kier molecular flexibility index (Phi) is 6.10. The van der Waals surface area contributed by atoms with Crippen molar-refractivity contribution in [2.75, 3.05) is 18.4 Å². The smallest absolute Gasteiger partial charge is 0.243 e. The van der Waals surface area contributed by atoms with E-state index in [2.05, 4.69) is 20.8 Å². The minimum atomic E-state index is -3.47. The molecule has 4 rings (SSSR count). The quantitative estimate of drug-likeness (QED) is 0.630. The van der Waals surface area contributed by atoms with Crippen molar-refractivity contribution < 1.29 is 13.2 Å². The van der Waals surface area contributed by atoms with Crippen molar-refractivity contribution in [1.29, 1.82) is 0 Å². The van der Waals surface area contributed by atoms with Crippen molar-refractivity contribution in [2.45, 2.75) is 37.5 Å². The maximum atomic E-state index is 12.8. The molecule has 2 heterocycles. The fourth-order valence-corrected chi connectivity index (χ4v) is 5.10. The number of hydrogen-bond acceptors (Lipinski definition) is 6. The second-order valence-electron chi connectivity index (χ2n) is 7.59. The Hall–Kier alpha value is -3.11. The number of carbonyl (C=O) groups excluding carboxylic acids is 1. The molecule has 3 aromatic rings. The third-order valence-corrected chi connectivity index (χ3v) is 7.26. The number of piperidine rings is 1. The van der Waals surface area contributed by atoms with Gasteiger partial charge in [0.1, 0.15) is 6.33 Å². The predicted octanol–water partition coefficient (Wildman–Crippen LogP) is 2.33. The largest absolute Gasteiger partial charge is 0.325 e. The van der Waals surface area contributed by atoms with Gasteiger partial charge in [-0.25, -0.2) is 13.1 Å². The molecule has 10 heteroatoms. The minimum absolute atomic E-state index is 0.137. The summed E-state index contributed by atoms with van der Waals surface area (Å²) < 4.78 is 28.6. The summed E-state index contributed by atoms with van der Waals surface area (Å²) in [4.78, 5) is 12.8. The number of benzene rings is 2. The molecular weight excluding hydrogens is 416 g/mol. The molecule has 1 fully saturated rings. The normalized spacial score (nSPS) is 15.0. The van der Waals surface area contributed by atoms with Gasteiger partial charge in [0.05, 0.1) is 17.0 Å². The van der Waals surface area contributed by atoms with Gasteiger partial charge in [-0.05, 0) is 65.6 Å². The summed E-state index contributed by atoms with van der Waals surface area (Å²) in [6.45, 7) is 3.03. The Morgan fingerprint density at radius 3 is 2.48 bits per heavy atom. The van der Waals surface area contributed by atoms with Crippen molar-refractivity contribution in [3.63, 3.8) is 0 Å². The topological polar surface area (TPSA) is 110 Å². The number of nitrogens with zero attached hydrogens (tertiary/aromatic N) is 5. The van der Waals surface area contributed by atoms with Crippen LogP contribution in [0, 0.1) is 6.92 Å². The number of sulfonamides is 1. The molecule has 162 valence electrons. The molecule has 1 amide bonds.